The van der Waals surface area contributed by atoms with Crippen LogP contribution in [0.15, 0.2) is 36.5 Å². The lowest BCUT2D eigenvalue weighted by atomic mass is 10.1. The zero-order chi connectivity index (χ0) is 47.2. The van der Waals surface area contributed by atoms with E-state index in [1.54, 1.807) is 0 Å². The van der Waals surface area contributed by atoms with Gasteiger partial charge >= 0.3 is 17.9 Å². The molecule has 0 aromatic rings. The number of ether oxygens (including phenoxy) is 3. The highest BCUT2D eigenvalue weighted by Crippen LogP contribution is 2.16. The van der Waals surface area contributed by atoms with Crippen molar-refractivity contribution in [1.29, 1.82) is 0 Å². The Morgan fingerprint density at radius 3 is 0.892 bits per heavy atom. The van der Waals surface area contributed by atoms with E-state index in [2.05, 4.69) is 57.2 Å². The van der Waals surface area contributed by atoms with E-state index in [0.29, 0.717) is 19.3 Å². The van der Waals surface area contributed by atoms with Crippen molar-refractivity contribution in [2.45, 2.75) is 309 Å². The zero-order valence-corrected chi connectivity index (χ0v) is 43.5. The normalized spacial score (nSPS) is 12.2. The van der Waals surface area contributed by atoms with Gasteiger partial charge in [-0.3, -0.25) is 14.4 Å². The molecule has 6 nitrogen and oxygen atoms in total. The molecule has 0 aromatic carbocycles. The Kier molecular flexibility index (Phi) is 52.3. The molecule has 0 spiro atoms. The van der Waals surface area contributed by atoms with Crippen molar-refractivity contribution >= 4 is 17.9 Å². The second kappa shape index (κ2) is 54.2. The van der Waals surface area contributed by atoms with Crippen LogP contribution in [0.1, 0.15) is 303 Å². The smallest absolute Gasteiger partial charge is 0.306 e. The van der Waals surface area contributed by atoms with Gasteiger partial charge in [0.1, 0.15) is 13.2 Å². The van der Waals surface area contributed by atoms with E-state index in [9.17, 15) is 14.4 Å². The van der Waals surface area contributed by atoms with Gasteiger partial charge < -0.3 is 14.2 Å². The average Bonchev–Trinajstić information content (AvgIpc) is 3.30. The molecule has 0 saturated heterocycles. The fourth-order valence-corrected chi connectivity index (χ4v) is 8.29. The SMILES string of the molecule is CCCCC/C=C\C/C=C\CCCCCCCCCC(=O)OC[C@H](COC(=O)CCCCCCCCCCCCC)OC(=O)CCCCCCCCCCC/C=C\CCCCCCCC. The molecule has 0 fully saturated rings. The van der Waals surface area contributed by atoms with Crippen molar-refractivity contribution in [3.63, 3.8) is 0 Å². The van der Waals surface area contributed by atoms with Crippen LogP contribution >= 0.6 is 0 Å². The van der Waals surface area contributed by atoms with Crippen molar-refractivity contribution < 1.29 is 28.6 Å². The molecule has 0 rings (SSSR count). The van der Waals surface area contributed by atoms with Crippen LogP contribution in [-0.4, -0.2) is 37.2 Å². The highest BCUT2D eigenvalue weighted by atomic mass is 16.6. The lowest BCUT2D eigenvalue weighted by molar-refractivity contribution is -0.167. The van der Waals surface area contributed by atoms with Crippen LogP contribution in [0.3, 0.4) is 0 Å². The number of hydrogen-bond acceptors (Lipinski definition) is 6. The first-order valence-electron chi connectivity index (χ1n) is 28.5. The van der Waals surface area contributed by atoms with Crippen LogP contribution < -0.4 is 0 Å². The summed E-state index contributed by atoms with van der Waals surface area (Å²) in [6.45, 7) is 6.63. The van der Waals surface area contributed by atoms with Gasteiger partial charge in [0.2, 0.25) is 0 Å². The van der Waals surface area contributed by atoms with E-state index in [4.69, 9.17) is 14.2 Å². The third-order valence-corrected chi connectivity index (χ3v) is 12.6. The molecule has 0 aliphatic carbocycles. The Hall–Kier alpha value is -2.37. The molecule has 0 unspecified atom stereocenters. The maximum atomic E-state index is 12.8. The molecule has 0 aliphatic heterocycles. The number of unbranched alkanes of at least 4 members (excludes halogenated alkanes) is 35. The van der Waals surface area contributed by atoms with Gasteiger partial charge in [-0.2, -0.15) is 0 Å². The summed E-state index contributed by atoms with van der Waals surface area (Å²) in [7, 11) is 0. The minimum absolute atomic E-state index is 0.0721. The fraction of sp³-hybridized carbons (Fsp3) is 0.847. The Bertz CT molecular complexity index is 1090. The standard InChI is InChI=1S/C59H108O6/c1-4-7-10-13-16-19-22-24-26-28-29-31-33-35-38-41-44-47-50-53-59(62)65-56(54-63-57(60)51-48-45-42-39-36-21-18-15-12-9-6-3)55-64-58(61)52-49-46-43-40-37-34-32-30-27-25-23-20-17-14-11-8-5-2/h17,20,24-27,56H,4-16,18-19,21-23,28-55H2,1-3H3/b20-17-,26-24-,27-25-/t56-/m0/s1. The van der Waals surface area contributed by atoms with E-state index < -0.39 is 6.10 Å². The molecule has 0 aromatic heterocycles. The summed E-state index contributed by atoms with van der Waals surface area (Å²) in [6.07, 6.45) is 64.1. The van der Waals surface area contributed by atoms with Crippen LogP contribution in [-0.2, 0) is 28.6 Å². The van der Waals surface area contributed by atoms with E-state index in [0.717, 1.165) is 70.6 Å². The highest BCUT2D eigenvalue weighted by Gasteiger charge is 2.19. The van der Waals surface area contributed by atoms with Crippen LogP contribution in [0, 0.1) is 0 Å². The summed E-state index contributed by atoms with van der Waals surface area (Å²) in [4.78, 5) is 38.1. The van der Waals surface area contributed by atoms with Gasteiger partial charge in [0.15, 0.2) is 6.10 Å². The third kappa shape index (κ3) is 52.5. The Labute approximate surface area is 404 Å². The summed E-state index contributed by atoms with van der Waals surface area (Å²) in [5, 5.41) is 0. The van der Waals surface area contributed by atoms with Crippen LogP contribution in [0.5, 0.6) is 0 Å². The molecule has 6 heteroatoms. The monoisotopic (exact) mass is 913 g/mol. The summed E-state index contributed by atoms with van der Waals surface area (Å²) in [5.74, 6) is -0.868. The van der Waals surface area contributed by atoms with Crippen molar-refractivity contribution in [3.8, 4) is 0 Å². The summed E-state index contributed by atoms with van der Waals surface area (Å²) in [5.41, 5.74) is 0. The minimum Gasteiger partial charge on any atom is -0.462 e. The number of rotatable bonds is 52. The van der Waals surface area contributed by atoms with Gasteiger partial charge in [-0.15, -0.1) is 0 Å². The highest BCUT2D eigenvalue weighted by molar-refractivity contribution is 5.71. The lowest BCUT2D eigenvalue weighted by Gasteiger charge is -2.18. The number of allylic oxidation sites excluding steroid dienone is 6. The van der Waals surface area contributed by atoms with Crippen molar-refractivity contribution in [2.75, 3.05) is 13.2 Å². The van der Waals surface area contributed by atoms with Crippen molar-refractivity contribution in [2.24, 2.45) is 0 Å². The quantitative estimate of drug-likeness (QED) is 0.0262. The van der Waals surface area contributed by atoms with E-state index in [-0.39, 0.29) is 31.1 Å². The predicted octanol–water partition coefficient (Wildman–Crippen LogP) is 18.9. The average molecular weight is 914 g/mol. The van der Waals surface area contributed by atoms with Gasteiger partial charge in [0.05, 0.1) is 0 Å². The van der Waals surface area contributed by atoms with Crippen LogP contribution in [0.2, 0.25) is 0 Å². The molecule has 0 saturated carbocycles. The number of hydrogen-bond donors (Lipinski definition) is 0. The predicted molar refractivity (Wildman–Crippen MR) is 279 cm³/mol. The second-order valence-electron chi connectivity index (χ2n) is 19.2. The Morgan fingerprint density at radius 2 is 0.554 bits per heavy atom. The topological polar surface area (TPSA) is 78.9 Å². The number of carbonyl (C=O) groups is 3. The van der Waals surface area contributed by atoms with Gasteiger partial charge in [-0.25, -0.2) is 0 Å². The van der Waals surface area contributed by atoms with Gasteiger partial charge in [0.25, 0.3) is 0 Å². The first-order chi connectivity index (χ1) is 32.0. The van der Waals surface area contributed by atoms with E-state index in [1.807, 2.05) is 0 Å². The molecular formula is C59H108O6. The Balaban J connectivity index is 4.32. The van der Waals surface area contributed by atoms with Crippen molar-refractivity contribution in [3.05, 3.63) is 36.5 Å². The Morgan fingerprint density at radius 1 is 0.308 bits per heavy atom. The molecule has 1 atom stereocenters. The largest absolute Gasteiger partial charge is 0.462 e. The summed E-state index contributed by atoms with van der Waals surface area (Å²) >= 11 is 0. The van der Waals surface area contributed by atoms with E-state index >= 15 is 0 Å². The lowest BCUT2D eigenvalue weighted by Crippen LogP contribution is -2.30. The van der Waals surface area contributed by atoms with Crippen LogP contribution in [0.4, 0.5) is 0 Å². The maximum absolute atomic E-state index is 12.8. The molecule has 0 heterocycles. The fourth-order valence-electron chi connectivity index (χ4n) is 8.29. The molecule has 0 N–H and O–H groups in total. The van der Waals surface area contributed by atoms with Gasteiger partial charge in [-0.05, 0) is 77.0 Å². The van der Waals surface area contributed by atoms with Gasteiger partial charge in [-0.1, -0.05) is 243 Å². The third-order valence-electron chi connectivity index (χ3n) is 12.6. The maximum Gasteiger partial charge on any atom is 0.306 e. The molecule has 380 valence electrons. The van der Waals surface area contributed by atoms with E-state index in [1.165, 1.54) is 193 Å². The van der Waals surface area contributed by atoms with Crippen LogP contribution in [0.25, 0.3) is 0 Å². The molecule has 0 bridgehead atoms. The summed E-state index contributed by atoms with van der Waals surface area (Å²) < 4.78 is 16.8. The first-order valence-corrected chi connectivity index (χ1v) is 28.5. The molecule has 65 heavy (non-hydrogen) atoms. The number of carbonyl (C=O) groups excluding carboxylic acids is 3. The molecular weight excluding hydrogens is 805 g/mol. The van der Waals surface area contributed by atoms with Gasteiger partial charge in [0, 0.05) is 19.3 Å². The molecule has 0 amide bonds. The first kappa shape index (κ1) is 62.6. The number of esters is 3. The van der Waals surface area contributed by atoms with Crippen molar-refractivity contribution in [1.82, 2.24) is 0 Å². The molecule has 0 aliphatic rings. The second-order valence-corrected chi connectivity index (χ2v) is 19.2. The minimum atomic E-state index is -0.773. The zero-order valence-electron chi connectivity index (χ0n) is 43.5. The summed E-state index contributed by atoms with van der Waals surface area (Å²) in [6, 6.07) is 0. The molecule has 0 radical (unpaired) electrons.